The molecule has 0 fully saturated rings. The third kappa shape index (κ3) is 2.03. The van der Waals surface area contributed by atoms with Gasteiger partial charge in [0.1, 0.15) is 0 Å². The van der Waals surface area contributed by atoms with Gasteiger partial charge in [0.2, 0.25) is 0 Å². The molecule has 1 aromatic rings. The molecule has 0 amide bonds. The van der Waals surface area contributed by atoms with Crippen LogP contribution in [0.25, 0.3) is 0 Å². The fraction of sp³-hybridized carbons (Fsp3) is 0.462. The van der Waals surface area contributed by atoms with Gasteiger partial charge in [0.15, 0.2) is 0 Å². The number of ether oxygens (including phenoxy) is 1. The Balaban J connectivity index is 2.15. The summed E-state index contributed by atoms with van der Waals surface area (Å²) in [6, 6.07) is 5.92. The van der Waals surface area contributed by atoms with E-state index in [1.54, 1.807) is 0 Å². The van der Waals surface area contributed by atoms with Crippen LogP contribution >= 0.6 is 0 Å². The lowest BCUT2D eigenvalue weighted by atomic mass is 9.83. The highest BCUT2D eigenvalue weighted by Crippen LogP contribution is 2.29. The molecule has 1 atom stereocenters. The largest absolute Gasteiger partial charge is 0.466 e. The Hall–Kier alpha value is -1.51. The Morgan fingerprint density at radius 2 is 2.38 bits per heavy atom. The molecule has 1 aromatic carbocycles. The third-order valence-corrected chi connectivity index (χ3v) is 3.14. The van der Waals surface area contributed by atoms with Crippen LogP contribution in [0.1, 0.15) is 24.5 Å². The summed E-state index contributed by atoms with van der Waals surface area (Å²) < 4.78 is 5.06. The lowest BCUT2D eigenvalue weighted by molar-refractivity contribution is -0.148. The minimum atomic E-state index is -0.0735. The van der Waals surface area contributed by atoms with Crippen molar-refractivity contribution in [2.75, 3.05) is 12.3 Å². The Morgan fingerprint density at radius 1 is 1.56 bits per heavy atom. The van der Waals surface area contributed by atoms with Crippen LogP contribution in [0.3, 0.4) is 0 Å². The zero-order valence-corrected chi connectivity index (χ0v) is 9.53. The fourth-order valence-corrected chi connectivity index (χ4v) is 2.30. The van der Waals surface area contributed by atoms with Gasteiger partial charge in [-0.15, -0.1) is 0 Å². The number of carbonyl (C=O) groups excluding carboxylic acids is 1. The maximum absolute atomic E-state index is 11.6. The molecule has 2 N–H and O–H groups in total. The highest BCUT2D eigenvalue weighted by atomic mass is 16.5. The molecule has 3 nitrogen and oxygen atoms in total. The van der Waals surface area contributed by atoms with Crippen molar-refractivity contribution in [3.63, 3.8) is 0 Å². The number of rotatable bonds is 2. The molecule has 0 saturated carbocycles. The van der Waals surface area contributed by atoms with Crippen molar-refractivity contribution in [3.8, 4) is 0 Å². The zero-order valence-electron chi connectivity index (χ0n) is 9.53. The first-order valence-corrected chi connectivity index (χ1v) is 5.75. The van der Waals surface area contributed by atoms with Crippen molar-refractivity contribution in [2.24, 2.45) is 5.92 Å². The van der Waals surface area contributed by atoms with E-state index < -0.39 is 0 Å². The lowest BCUT2D eigenvalue weighted by Gasteiger charge is -2.24. The lowest BCUT2D eigenvalue weighted by Crippen LogP contribution is -2.25. The Morgan fingerprint density at radius 3 is 3.12 bits per heavy atom. The van der Waals surface area contributed by atoms with Crippen molar-refractivity contribution < 1.29 is 9.53 Å². The van der Waals surface area contributed by atoms with E-state index in [0.29, 0.717) is 6.61 Å². The first-order valence-electron chi connectivity index (χ1n) is 5.75. The number of carbonyl (C=O) groups is 1. The summed E-state index contributed by atoms with van der Waals surface area (Å²) in [4.78, 5) is 11.6. The minimum absolute atomic E-state index is 0.00856. The van der Waals surface area contributed by atoms with Crippen LogP contribution < -0.4 is 5.73 Å². The van der Waals surface area contributed by atoms with Gasteiger partial charge in [0.25, 0.3) is 0 Å². The maximum Gasteiger partial charge on any atom is 0.309 e. The molecule has 0 aromatic heterocycles. The summed E-state index contributed by atoms with van der Waals surface area (Å²) in [6.07, 6.45) is 2.49. The third-order valence-electron chi connectivity index (χ3n) is 3.14. The highest BCUT2D eigenvalue weighted by molar-refractivity contribution is 5.73. The molecule has 1 aliphatic carbocycles. The number of benzene rings is 1. The summed E-state index contributed by atoms with van der Waals surface area (Å²) in [6.45, 7) is 2.30. The molecule has 0 radical (unpaired) electrons. The molecule has 1 aliphatic rings. The highest BCUT2D eigenvalue weighted by Gasteiger charge is 2.26. The van der Waals surface area contributed by atoms with Crippen LogP contribution in [-0.4, -0.2) is 12.6 Å². The molecule has 0 bridgehead atoms. The van der Waals surface area contributed by atoms with Gasteiger partial charge in [0, 0.05) is 5.69 Å². The Labute approximate surface area is 95.6 Å². The van der Waals surface area contributed by atoms with E-state index >= 15 is 0 Å². The summed E-state index contributed by atoms with van der Waals surface area (Å²) in [5, 5.41) is 0. The number of anilines is 1. The van der Waals surface area contributed by atoms with Gasteiger partial charge < -0.3 is 10.5 Å². The topological polar surface area (TPSA) is 52.3 Å². The first kappa shape index (κ1) is 11.0. The van der Waals surface area contributed by atoms with Crippen LogP contribution in [0.2, 0.25) is 0 Å². The number of nitrogens with two attached hydrogens (primary N) is 1. The van der Waals surface area contributed by atoms with Gasteiger partial charge >= 0.3 is 5.97 Å². The quantitative estimate of drug-likeness (QED) is 0.611. The molecule has 0 saturated heterocycles. The number of fused-ring (bicyclic) bond motifs is 1. The Bertz CT molecular complexity index is 401. The second-order valence-electron chi connectivity index (χ2n) is 4.18. The predicted molar refractivity (Wildman–Crippen MR) is 63.0 cm³/mol. The van der Waals surface area contributed by atoms with E-state index in [9.17, 15) is 4.79 Å². The van der Waals surface area contributed by atoms with Gasteiger partial charge in [-0.2, -0.15) is 0 Å². The van der Waals surface area contributed by atoms with Gasteiger partial charge in [0.05, 0.1) is 12.5 Å². The average molecular weight is 219 g/mol. The van der Waals surface area contributed by atoms with E-state index in [2.05, 4.69) is 6.07 Å². The monoisotopic (exact) mass is 219 g/mol. The number of hydrogen-bond donors (Lipinski definition) is 1. The second kappa shape index (κ2) is 4.56. The maximum atomic E-state index is 11.6. The molecular weight excluding hydrogens is 202 g/mol. The first-order chi connectivity index (χ1) is 7.72. The van der Waals surface area contributed by atoms with Crippen LogP contribution in [0.5, 0.6) is 0 Å². The normalized spacial score (nSPS) is 18.9. The summed E-state index contributed by atoms with van der Waals surface area (Å²) in [7, 11) is 0. The number of hydrogen-bond acceptors (Lipinski definition) is 3. The molecule has 3 heteroatoms. The molecule has 0 heterocycles. The van der Waals surface area contributed by atoms with Crippen LogP contribution in [-0.2, 0) is 22.4 Å². The van der Waals surface area contributed by atoms with Crippen LogP contribution in [0.4, 0.5) is 5.69 Å². The van der Waals surface area contributed by atoms with Crippen molar-refractivity contribution in [3.05, 3.63) is 29.3 Å². The molecular formula is C13H17NO2. The van der Waals surface area contributed by atoms with Crippen molar-refractivity contribution in [2.45, 2.75) is 26.2 Å². The molecule has 86 valence electrons. The van der Waals surface area contributed by atoms with E-state index in [1.807, 2.05) is 19.1 Å². The van der Waals surface area contributed by atoms with Gasteiger partial charge in [-0.1, -0.05) is 12.1 Å². The van der Waals surface area contributed by atoms with Crippen LogP contribution in [0.15, 0.2) is 18.2 Å². The molecule has 16 heavy (non-hydrogen) atoms. The number of esters is 1. The van der Waals surface area contributed by atoms with E-state index in [1.165, 1.54) is 11.1 Å². The van der Waals surface area contributed by atoms with Gasteiger partial charge in [-0.05, 0) is 43.4 Å². The molecule has 1 unspecified atom stereocenters. The molecule has 0 aliphatic heterocycles. The zero-order chi connectivity index (χ0) is 11.5. The minimum Gasteiger partial charge on any atom is -0.466 e. The number of nitrogen functional groups attached to an aromatic ring is 1. The standard InChI is InChI=1S/C13H17NO2/c1-2-16-13(15)10-6-7-11-9(8-10)4-3-5-12(11)14/h3-5,10H,2,6-8,14H2,1H3. The van der Waals surface area contributed by atoms with Gasteiger partial charge in [-0.3, -0.25) is 4.79 Å². The van der Waals surface area contributed by atoms with Crippen molar-refractivity contribution >= 4 is 11.7 Å². The van der Waals surface area contributed by atoms with Crippen molar-refractivity contribution in [1.82, 2.24) is 0 Å². The van der Waals surface area contributed by atoms with Crippen molar-refractivity contribution in [1.29, 1.82) is 0 Å². The second-order valence-corrected chi connectivity index (χ2v) is 4.18. The van der Waals surface area contributed by atoms with E-state index in [-0.39, 0.29) is 11.9 Å². The van der Waals surface area contributed by atoms with E-state index in [0.717, 1.165) is 24.9 Å². The SMILES string of the molecule is CCOC(=O)C1CCc2c(N)cccc2C1. The molecule has 0 spiro atoms. The smallest absolute Gasteiger partial charge is 0.309 e. The summed E-state index contributed by atoms with van der Waals surface area (Å²) >= 11 is 0. The fourth-order valence-electron chi connectivity index (χ4n) is 2.30. The van der Waals surface area contributed by atoms with Gasteiger partial charge in [-0.25, -0.2) is 0 Å². The summed E-state index contributed by atoms with van der Waals surface area (Å²) in [5.74, 6) is -0.0650. The Kier molecular flexibility index (Phi) is 3.13. The predicted octanol–water partition coefficient (Wildman–Crippen LogP) is 1.94. The van der Waals surface area contributed by atoms with E-state index in [4.69, 9.17) is 10.5 Å². The molecule has 2 rings (SSSR count). The average Bonchev–Trinajstić information content (AvgIpc) is 2.29. The summed E-state index contributed by atoms with van der Waals surface area (Å²) in [5.41, 5.74) is 9.16. The van der Waals surface area contributed by atoms with Crippen LogP contribution in [0, 0.1) is 5.92 Å².